The Kier molecular flexibility index (Phi) is 9.03. The largest absolute Gasteiger partial charge is 0.493 e. The van der Waals surface area contributed by atoms with E-state index in [4.69, 9.17) is 4.74 Å². The van der Waals surface area contributed by atoms with Crippen LogP contribution in [-0.4, -0.2) is 13.2 Å². The minimum absolute atomic E-state index is 0.722. The van der Waals surface area contributed by atoms with Gasteiger partial charge in [0, 0.05) is 13.0 Å². The summed E-state index contributed by atoms with van der Waals surface area (Å²) in [5, 5.41) is 3.52. The molecule has 0 aliphatic rings. The van der Waals surface area contributed by atoms with Crippen molar-refractivity contribution in [3.05, 3.63) is 65.7 Å². The molecular weight excluding hydrogens is 294 g/mol. The lowest BCUT2D eigenvalue weighted by Crippen LogP contribution is -2.14. The van der Waals surface area contributed by atoms with Crippen molar-refractivity contribution in [1.29, 1.82) is 0 Å². The van der Waals surface area contributed by atoms with Crippen LogP contribution in [0, 0.1) is 0 Å². The minimum atomic E-state index is 0.722. The van der Waals surface area contributed by atoms with Crippen LogP contribution in [0.25, 0.3) is 0 Å². The van der Waals surface area contributed by atoms with Crippen molar-refractivity contribution in [3.8, 4) is 5.75 Å². The molecule has 0 saturated heterocycles. The summed E-state index contributed by atoms with van der Waals surface area (Å²) < 4.78 is 5.83. The summed E-state index contributed by atoms with van der Waals surface area (Å²) in [5.41, 5.74) is 2.64. The molecular formula is C22H31NO. The maximum atomic E-state index is 5.83. The van der Waals surface area contributed by atoms with Gasteiger partial charge in [-0.1, -0.05) is 75.1 Å². The van der Waals surface area contributed by atoms with Gasteiger partial charge in [0.15, 0.2) is 0 Å². The van der Waals surface area contributed by atoms with Crippen LogP contribution < -0.4 is 10.1 Å². The van der Waals surface area contributed by atoms with E-state index in [2.05, 4.69) is 60.8 Å². The Bertz CT molecular complexity index is 536. The van der Waals surface area contributed by atoms with E-state index in [-0.39, 0.29) is 0 Å². The number of nitrogens with one attached hydrogen (secondary N) is 1. The lowest BCUT2D eigenvalue weighted by molar-refractivity contribution is 0.322. The quantitative estimate of drug-likeness (QED) is 0.530. The molecule has 0 bridgehead atoms. The molecule has 0 heterocycles. The first-order chi connectivity index (χ1) is 11.9. The van der Waals surface area contributed by atoms with Crippen LogP contribution in [0.5, 0.6) is 5.75 Å². The van der Waals surface area contributed by atoms with Crippen LogP contribution in [-0.2, 0) is 13.0 Å². The van der Waals surface area contributed by atoms with Crippen molar-refractivity contribution in [1.82, 2.24) is 5.32 Å². The third-order valence-corrected chi connectivity index (χ3v) is 4.21. The van der Waals surface area contributed by atoms with Gasteiger partial charge in [-0.2, -0.15) is 0 Å². The molecule has 0 radical (unpaired) electrons. The summed E-state index contributed by atoms with van der Waals surface area (Å²) in [6.07, 6.45) is 7.62. The predicted molar refractivity (Wildman–Crippen MR) is 103 cm³/mol. The molecule has 24 heavy (non-hydrogen) atoms. The summed E-state index contributed by atoms with van der Waals surface area (Å²) in [6, 6.07) is 18.9. The van der Waals surface area contributed by atoms with E-state index in [0.29, 0.717) is 0 Å². The van der Waals surface area contributed by atoms with Crippen LogP contribution in [0.15, 0.2) is 54.6 Å². The number of hydrogen-bond donors (Lipinski definition) is 1. The lowest BCUT2D eigenvalue weighted by atomic mass is 10.1. The zero-order valence-corrected chi connectivity index (χ0v) is 15.0. The second-order valence-corrected chi connectivity index (χ2v) is 6.32. The van der Waals surface area contributed by atoms with Crippen LogP contribution in [0.3, 0.4) is 0 Å². The van der Waals surface area contributed by atoms with E-state index in [9.17, 15) is 0 Å². The maximum absolute atomic E-state index is 5.83. The van der Waals surface area contributed by atoms with Crippen LogP contribution in [0.1, 0.15) is 50.2 Å². The molecule has 1 N–H and O–H groups in total. The number of benzene rings is 2. The minimum Gasteiger partial charge on any atom is -0.493 e. The fraction of sp³-hybridized carbons (Fsp3) is 0.455. The SMILES string of the molecule is CCCCCCCNCc1ccc(OCCc2ccccc2)cc1. The summed E-state index contributed by atoms with van der Waals surface area (Å²) in [4.78, 5) is 0. The van der Waals surface area contributed by atoms with E-state index < -0.39 is 0 Å². The monoisotopic (exact) mass is 325 g/mol. The van der Waals surface area contributed by atoms with Crippen LogP contribution >= 0.6 is 0 Å². The highest BCUT2D eigenvalue weighted by Gasteiger charge is 1.97. The molecule has 2 aromatic carbocycles. The second kappa shape index (κ2) is 11.7. The normalized spacial score (nSPS) is 10.7. The summed E-state index contributed by atoms with van der Waals surface area (Å²) in [7, 11) is 0. The fourth-order valence-corrected chi connectivity index (χ4v) is 2.72. The molecule has 2 aromatic rings. The molecule has 0 spiro atoms. The molecule has 0 aliphatic carbocycles. The van der Waals surface area contributed by atoms with E-state index >= 15 is 0 Å². The van der Waals surface area contributed by atoms with Crippen LogP contribution in [0.2, 0.25) is 0 Å². The number of unbranched alkanes of at least 4 members (excludes halogenated alkanes) is 4. The van der Waals surface area contributed by atoms with E-state index in [1.807, 2.05) is 6.07 Å². The molecule has 0 amide bonds. The van der Waals surface area contributed by atoms with Crippen LogP contribution in [0.4, 0.5) is 0 Å². The summed E-state index contributed by atoms with van der Waals surface area (Å²) >= 11 is 0. The van der Waals surface area contributed by atoms with Gasteiger partial charge in [0.1, 0.15) is 5.75 Å². The third-order valence-electron chi connectivity index (χ3n) is 4.21. The van der Waals surface area contributed by atoms with Gasteiger partial charge in [0.2, 0.25) is 0 Å². The molecule has 0 unspecified atom stereocenters. The zero-order valence-electron chi connectivity index (χ0n) is 15.0. The number of hydrogen-bond acceptors (Lipinski definition) is 2. The predicted octanol–water partition coefficient (Wildman–Crippen LogP) is 5.37. The topological polar surface area (TPSA) is 21.3 Å². The molecule has 2 rings (SSSR count). The molecule has 0 fully saturated rings. The third kappa shape index (κ3) is 7.65. The smallest absolute Gasteiger partial charge is 0.119 e. The first-order valence-electron chi connectivity index (χ1n) is 9.35. The van der Waals surface area contributed by atoms with E-state index in [1.165, 1.54) is 43.2 Å². The van der Waals surface area contributed by atoms with Crippen molar-refractivity contribution >= 4 is 0 Å². The fourth-order valence-electron chi connectivity index (χ4n) is 2.72. The highest BCUT2D eigenvalue weighted by molar-refractivity contribution is 5.27. The molecule has 0 aromatic heterocycles. The Morgan fingerprint density at radius 1 is 0.792 bits per heavy atom. The average Bonchev–Trinajstić information content (AvgIpc) is 2.63. The van der Waals surface area contributed by atoms with Crippen molar-refractivity contribution in [2.45, 2.75) is 52.0 Å². The van der Waals surface area contributed by atoms with Gasteiger partial charge in [0.25, 0.3) is 0 Å². The molecule has 0 saturated carbocycles. The first kappa shape index (κ1) is 18.5. The van der Waals surface area contributed by atoms with Gasteiger partial charge in [-0.3, -0.25) is 0 Å². The first-order valence-corrected chi connectivity index (χ1v) is 9.35. The molecule has 0 atom stereocenters. The Morgan fingerprint density at radius 2 is 1.54 bits per heavy atom. The molecule has 2 heteroatoms. The highest BCUT2D eigenvalue weighted by Crippen LogP contribution is 2.13. The van der Waals surface area contributed by atoms with Crippen molar-refractivity contribution in [3.63, 3.8) is 0 Å². The van der Waals surface area contributed by atoms with Gasteiger partial charge in [0.05, 0.1) is 6.61 Å². The standard InChI is InChI=1S/C22H31NO/c1-2-3-4-5-9-17-23-19-21-12-14-22(15-13-21)24-18-16-20-10-7-6-8-11-20/h6-8,10-15,23H,2-5,9,16-19H2,1H3. The van der Waals surface area contributed by atoms with Gasteiger partial charge < -0.3 is 10.1 Å². The van der Waals surface area contributed by atoms with E-state index in [0.717, 1.165) is 31.9 Å². The van der Waals surface area contributed by atoms with Gasteiger partial charge in [-0.15, -0.1) is 0 Å². The lowest BCUT2D eigenvalue weighted by Gasteiger charge is -2.08. The van der Waals surface area contributed by atoms with Crippen molar-refractivity contribution in [2.24, 2.45) is 0 Å². The van der Waals surface area contributed by atoms with Gasteiger partial charge in [-0.05, 0) is 36.2 Å². The Morgan fingerprint density at radius 3 is 2.29 bits per heavy atom. The Labute approximate surface area is 147 Å². The summed E-state index contributed by atoms with van der Waals surface area (Å²) in [6.45, 7) is 5.03. The van der Waals surface area contributed by atoms with Crippen molar-refractivity contribution in [2.75, 3.05) is 13.2 Å². The Balaban J connectivity index is 1.58. The Hall–Kier alpha value is -1.80. The second-order valence-electron chi connectivity index (χ2n) is 6.32. The highest BCUT2D eigenvalue weighted by atomic mass is 16.5. The van der Waals surface area contributed by atoms with E-state index in [1.54, 1.807) is 0 Å². The average molecular weight is 325 g/mol. The number of rotatable bonds is 12. The van der Waals surface area contributed by atoms with Gasteiger partial charge >= 0.3 is 0 Å². The van der Waals surface area contributed by atoms with Gasteiger partial charge in [-0.25, -0.2) is 0 Å². The molecule has 2 nitrogen and oxygen atoms in total. The van der Waals surface area contributed by atoms with Crippen molar-refractivity contribution < 1.29 is 4.74 Å². The molecule has 0 aliphatic heterocycles. The maximum Gasteiger partial charge on any atom is 0.119 e. The molecule has 130 valence electrons. The number of ether oxygens (including phenoxy) is 1. The zero-order chi connectivity index (χ0) is 16.9. The summed E-state index contributed by atoms with van der Waals surface area (Å²) in [5.74, 6) is 0.953.